The van der Waals surface area contributed by atoms with Gasteiger partial charge in [-0.1, -0.05) is 12.1 Å². The largest absolute Gasteiger partial charge is 0.497 e. The summed E-state index contributed by atoms with van der Waals surface area (Å²) in [6.07, 6.45) is 1.56. The molecule has 1 heterocycles. The Labute approximate surface area is 121 Å². The number of isocyanates is 1. The highest BCUT2D eigenvalue weighted by Crippen LogP contribution is 2.34. The monoisotopic (exact) mass is 278 g/mol. The lowest BCUT2D eigenvalue weighted by molar-refractivity contribution is 0.415. The Morgan fingerprint density at radius 3 is 2.76 bits per heavy atom. The zero-order valence-corrected chi connectivity index (χ0v) is 11.4. The maximum atomic E-state index is 10.6. The van der Waals surface area contributed by atoms with Crippen molar-refractivity contribution in [1.29, 1.82) is 0 Å². The maximum absolute atomic E-state index is 10.6. The normalized spacial score (nSPS) is 10.1. The Balaban J connectivity index is 2.19. The number of methoxy groups -OCH3 is 1. The first kappa shape index (κ1) is 13.0. The highest BCUT2D eigenvalue weighted by atomic mass is 16.5. The lowest BCUT2D eigenvalue weighted by Gasteiger charge is -2.02. The Kier molecular flexibility index (Phi) is 3.46. The molecule has 3 rings (SSSR count). The molecule has 0 N–H and O–H groups in total. The number of aliphatic imine (C=N–C) groups is 1. The smallest absolute Gasteiger partial charge is 0.363 e. The molecule has 4 nitrogen and oxygen atoms in total. The molecule has 0 aliphatic rings. The van der Waals surface area contributed by atoms with Crippen LogP contribution in [-0.4, -0.2) is 13.2 Å². The minimum Gasteiger partial charge on any atom is -0.497 e. The molecule has 0 spiro atoms. The summed E-state index contributed by atoms with van der Waals surface area (Å²) in [6.45, 7) is 0. The molecule has 0 atom stereocenters. The fourth-order valence-electron chi connectivity index (χ4n) is 2.16. The predicted molar refractivity (Wildman–Crippen MR) is 80.4 cm³/mol. The van der Waals surface area contributed by atoms with E-state index in [9.17, 15) is 4.79 Å². The van der Waals surface area contributed by atoms with Gasteiger partial charge in [0.05, 0.1) is 18.2 Å². The standard InChI is InChI=1S/C17H12NO3/c1-20-13-7-8-14(15(10-13)18-11-19)17-9-6-12-4-2-3-5-16(12)21-17/h2-10H,1H3/q+1. The summed E-state index contributed by atoms with van der Waals surface area (Å²) in [5.41, 5.74) is 1.94. The van der Waals surface area contributed by atoms with Gasteiger partial charge in [0.2, 0.25) is 6.08 Å². The van der Waals surface area contributed by atoms with E-state index in [4.69, 9.17) is 9.15 Å². The number of nitrogens with zero attached hydrogens (tertiary/aromatic N) is 1. The summed E-state index contributed by atoms with van der Waals surface area (Å²) >= 11 is 0. The van der Waals surface area contributed by atoms with E-state index >= 15 is 0 Å². The third-order valence-electron chi connectivity index (χ3n) is 3.19. The second-order valence-electron chi connectivity index (χ2n) is 4.42. The summed E-state index contributed by atoms with van der Waals surface area (Å²) in [6, 6.07) is 16.8. The van der Waals surface area contributed by atoms with Crippen LogP contribution >= 0.6 is 0 Å². The van der Waals surface area contributed by atoms with Gasteiger partial charge in [-0.05, 0) is 24.3 Å². The quantitative estimate of drug-likeness (QED) is 0.406. The first-order valence-corrected chi connectivity index (χ1v) is 6.40. The first-order valence-electron chi connectivity index (χ1n) is 6.40. The Morgan fingerprint density at radius 1 is 1.10 bits per heavy atom. The van der Waals surface area contributed by atoms with Crippen molar-refractivity contribution in [1.82, 2.24) is 0 Å². The molecule has 0 radical (unpaired) electrons. The average Bonchev–Trinajstić information content (AvgIpc) is 2.54. The number of hydrogen-bond acceptors (Lipinski definition) is 3. The number of hydrogen-bond donors (Lipinski definition) is 0. The molecule has 21 heavy (non-hydrogen) atoms. The molecule has 2 aromatic carbocycles. The summed E-state index contributed by atoms with van der Waals surface area (Å²) in [5, 5.41) is 1.01. The zero-order valence-electron chi connectivity index (χ0n) is 11.4. The van der Waals surface area contributed by atoms with Gasteiger partial charge >= 0.3 is 11.3 Å². The highest BCUT2D eigenvalue weighted by Gasteiger charge is 2.18. The Morgan fingerprint density at radius 2 is 1.95 bits per heavy atom. The van der Waals surface area contributed by atoms with E-state index in [1.807, 2.05) is 42.5 Å². The summed E-state index contributed by atoms with van der Waals surface area (Å²) in [5.74, 6) is 1.25. The Bertz CT molecular complexity index is 852. The second-order valence-corrected chi connectivity index (χ2v) is 4.42. The van der Waals surface area contributed by atoms with Crippen molar-refractivity contribution >= 4 is 22.7 Å². The molecular formula is C17H12NO3+. The van der Waals surface area contributed by atoms with Crippen LogP contribution < -0.4 is 4.74 Å². The van der Waals surface area contributed by atoms with Crippen LogP contribution in [0.25, 0.3) is 22.3 Å². The maximum Gasteiger partial charge on any atom is 0.363 e. The molecule has 0 unspecified atom stereocenters. The van der Waals surface area contributed by atoms with Crippen LogP contribution in [-0.2, 0) is 4.79 Å². The molecule has 3 aromatic rings. The van der Waals surface area contributed by atoms with Crippen LogP contribution in [0, 0.1) is 0 Å². The third kappa shape index (κ3) is 2.53. The van der Waals surface area contributed by atoms with E-state index in [2.05, 4.69) is 4.99 Å². The van der Waals surface area contributed by atoms with Gasteiger partial charge < -0.3 is 4.74 Å². The summed E-state index contributed by atoms with van der Waals surface area (Å²) in [7, 11) is 1.56. The van der Waals surface area contributed by atoms with Gasteiger partial charge in [0.25, 0.3) is 0 Å². The van der Waals surface area contributed by atoms with E-state index in [1.165, 1.54) is 0 Å². The van der Waals surface area contributed by atoms with Crippen LogP contribution in [0.15, 0.2) is 64.0 Å². The third-order valence-corrected chi connectivity index (χ3v) is 3.19. The van der Waals surface area contributed by atoms with Crippen molar-refractivity contribution < 1.29 is 13.9 Å². The number of fused-ring (bicyclic) bond motifs is 1. The fourth-order valence-corrected chi connectivity index (χ4v) is 2.16. The molecule has 0 aliphatic heterocycles. The van der Waals surface area contributed by atoms with Crippen molar-refractivity contribution in [2.45, 2.75) is 0 Å². The second kappa shape index (κ2) is 5.57. The van der Waals surface area contributed by atoms with Crippen molar-refractivity contribution in [2.75, 3.05) is 7.11 Å². The van der Waals surface area contributed by atoms with Crippen molar-refractivity contribution in [2.24, 2.45) is 4.99 Å². The molecule has 0 amide bonds. The van der Waals surface area contributed by atoms with Gasteiger partial charge in [0.15, 0.2) is 0 Å². The van der Waals surface area contributed by atoms with E-state index in [0.717, 1.165) is 11.0 Å². The van der Waals surface area contributed by atoms with Crippen LogP contribution in [0.4, 0.5) is 5.69 Å². The molecule has 1 aromatic heterocycles. The zero-order chi connectivity index (χ0) is 14.7. The SMILES string of the molecule is COc1ccc(-c2ccc3ccccc3[o+]2)c(N=C=O)c1. The minimum atomic E-state index is 0.461. The average molecular weight is 278 g/mol. The van der Waals surface area contributed by atoms with Gasteiger partial charge in [0, 0.05) is 18.2 Å². The van der Waals surface area contributed by atoms with E-state index in [1.54, 1.807) is 25.3 Å². The predicted octanol–water partition coefficient (Wildman–Crippen LogP) is 4.36. The molecule has 0 bridgehead atoms. The van der Waals surface area contributed by atoms with Crippen LogP contribution in [0.1, 0.15) is 0 Å². The molecular weight excluding hydrogens is 266 g/mol. The van der Waals surface area contributed by atoms with Gasteiger partial charge in [-0.2, -0.15) is 4.99 Å². The van der Waals surface area contributed by atoms with Crippen LogP contribution in [0.5, 0.6) is 5.75 Å². The molecule has 102 valence electrons. The topological polar surface area (TPSA) is 50.0 Å². The van der Waals surface area contributed by atoms with Crippen molar-refractivity contribution in [3.63, 3.8) is 0 Å². The van der Waals surface area contributed by atoms with Crippen LogP contribution in [0.3, 0.4) is 0 Å². The molecule has 0 fully saturated rings. The highest BCUT2D eigenvalue weighted by molar-refractivity contribution is 5.81. The number of carbonyl (C=O) groups excluding carboxylic acids is 1. The lowest BCUT2D eigenvalue weighted by atomic mass is 10.1. The van der Waals surface area contributed by atoms with E-state index in [0.29, 0.717) is 22.8 Å². The molecule has 0 saturated carbocycles. The van der Waals surface area contributed by atoms with Crippen molar-refractivity contribution in [3.8, 4) is 17.1 Å². The molecule has 0 saturated heterocycles. The van der Waals surface area contributed by atoms with E-state index in [-0.39, 0.29) is 0 Å². The van der Waals surface area contributed by atoms with Gasteiger partial charge in [-0.15, -0.1) is 0 Å². The van der Waals surface area contributed by atoms with Gasteiger partial charge in [0.1, 0.15) is 11.3 Å². The van der Waals surface area contributed by atoms with Crippen LogP contribution in [0.2, 0.25) is 0 Å². The molecule has 4 heteroatoms. The van der Waals surface area contributed by atoms with Crippen molar-refractivity contribution in [3.05, 3.63) is 54.6 Å². The minimum absolute atomic E-state index is 0.461. The molecule has 0 aliphatic carbocycles. The number of rotatable bonds is 3. The lowest BCUT2D eigenvalue weighted by Crippen LogP contribution is -1.85. The van der Waals surface area contributed by atoms with Gasteiger partial charge in [-0.25, -0.2) is 9.21 Å². The van der Waals surface area contributed by atoms with E-state index < -0.39 is 0 Å². The fraction of sp³-hybridized carbons (Fsp3) is 0.0588. The first-order chi connectivity index (χ1) is 10.3. The number of benzene rings is 2. The van der Waals surface area contributed by atoms with Gasteiger partial charge in [-0.3, -0.25) is 0 Å². The number of para-hydroxylation sites is 1. The summed E-state index contributed by atoms with van der Waals surface area (Å²) in [4.78, 5) is 14.3. The number of ether oxygens (including phenoxy) is 1. The summed E-state index contributed by atoms with van der Waals surface area (Å²) < 4.78 is 11.0. The Hall–Kier alpha value is -2.97.